The summed E-state index contributed by atoms with van der Waals surface area (Å²) in [7, 11) is 0. The summed E-state index contributed by atoms with van der Waals surface area (Å²) in [5.74, 6) is 1.02. The SMILES string of the molecule is CC(O)c1cnc(CSC2CCCC2)s1. The van der Waals surface area contributed by atoms with Gasteiger partial charge in [0.2, 0.25) is 0 Å². The monoisotopic (exact) mass is 243 g/mol. The summed E-state index contributed by atoms with van der Waals surface area (Å²) in [4.78, 5) is 5.32. The first-order valence-electron chi connectivity index (χ1n) is 5.50. The lowest BCUT2D eigenvalue weighted by molar-refractivity contribution is 0.203. The van der Waals surface area contributed by atoms with Gasteiger partial charge in [-0.15, -0.1) is 11.3 Å². The molecular weight excluding hydrogens is 226 g/mol. The number of hydrogen-bond donors (Lipinski definition) is 1. The summed E-state index contributed by atoms with van der Waals surface area (Å²) >= 11 is 3.67. The van der Waals surface area contributed by atoms with Crippen molar-refractivity contribution in [2.75, 3.05) is 0 Å². The third kappa shape index (κ3) is 3.20. The van der Waals surface area contributed by atoms with Gasteiger partial charge in [-0.05, 0) is 19.8 Å². The Hall–Kier alpha value is -0.0600. The van der Waals surface area contributed by atoms with Gasteiger partial charge in [0.15, 0.2) is 0 Å². The quantitative estimate of drug-likeness (QED) is 0.880. The van der Waals surface area contributed by atoms with Crippen molar-refractivity contribution in [1.82, 2.24) is 4.98 Å². The molecule has 1 aliphatic carbocycles. The van der Waals surface area contributed by atoms with Crippen molar-refractivity contribution in [2.45, 2.75) is 49.7 Å². The van der Waals surface area contributed by atoms with Crippen molar-refractivity contribution < 1.29 is 5.11 Å². The molecule has 1 saturated carbocycles. The fourth-order valence-electron chi connectivity index (χ4n) is 1.83. The molecule has 0 amide bonds. The first-order chi connectivity index (χ1) is 7.25. The van der Waals surface area contributed by atoms with E-state index in [0.29, 0.717) is 0 Å². The molecular formula is C11H17NOS2. The highest BCUT2D eigenvalue weighted by Gasteiger charge is 2.16. The van der Waals surface area contributed by atoms with E-state index in [1.807, 2.05) is 11.8 Å². The van der Waals surface area contributed by atoms with E-state index in [4.69, 9.17) is 0 Å². The highest BCUT2D eigenvalue weighted by molar-refractivity contribution is 7.99. The van der Waals surface area contributed by atoms with Crippen molar-refractivity contribution in [3.63, 3.8) is 0 Å². The van der Waals surface area contributed by atoms with E-state index < -0.39 is 0 Å². The van der Waals surface area contributed by atoms with Crippen molar-refractivity contribution in [3.05, 3.63) is 16.1 Å². The molecule has 1 fully saturated rings. The molecule has 1 atom stereocenters. The lowest BCUT2D eigenvalue weighted by Gasteiger charge is -2.05. The second kappa shape index (κ2) is 5.32. The van der Waals surface area contributed by atoms with E-state index in [-0.39, 0.29) is 6.10 Å². The largest absolute Gasteiger partial charge is 0.388 e. The van der Waals surface area contributed by atoms with Gasteiger partial charge in [0.1, 0.15) is 5.01 Å². The highest BCUT2D eigenvalue weighted by atomic mass is 32.2. The van der Waals surface area contributed by atoms with Crippen LogP contribution in [-0.4, -0.2) is 15.3 Å². The predicted molar refractivity (Wildman–Crippen MR) is 66.3 cm³/mol. The minimum atomic E-state index is -0.368. The second-order valence-electron chi connectivity index (χ2n) is 4.05. The number of rotatable bonds is 4. The molecule has 1 aliphatic rings. The molecule has 1 aromatic rings. The molecule has 1 unspecified atom stereocenters. The van der Waals surface area contributed by atoms with Gasteiger partial charge >= 0.3 is 0 Å². The molecule has 2 rings (SSSR count). The van der Waals surface area contributed by atoms with Crippen LogP contribution in [0.25, 0.3) is 0 Å². The van der Waals surface area contributed by atoms with Crippen LogP contribution in [0.3, 0.4) is 0 Å². The van der Waals surface area contributed by atoms with E-state index in [9.17, 15) is 5.11 Å². The second-order valence-corrected chi connectivity index (χ2v) is 6.49. The van der Waals surface area contributed by atoms with Gasteiger partial charge in [0.05, 0.1) is 11.0 Å². The first-order valence-corrected chi connectivity index (χ1v) is 7.36. The Morgan fingerprint density at radius 1 is 1.60 bits per heavy atom. The van der Waals surface area contributed by atoms with Gasteiger partial charge in [0, 0.05) is 17.2 Å². The third-order valence-corrected chi connectivity index (χ3v) is 5.46. The third-order valence-electron chi connectivity index (χ3n) is 2.73. The summed E-state index contributed by atoms with van der Waals surface area (Å²) < 4.78 is 0. The molecule has 1 aromatic heterocycles. The van der Waals surface area contributed by atoms with E-state index in [1.165, 1.54) is 25.7 Å². The molecule has 84 valence electrons. The van der Waals surface area contributed by atoms with E-state index in [2.05, 4.69) is 4.98 Å². The number of thiazole rings is 1. The topological polar surface area (TPSA) is 33.1 Å². The molecule has 0 aromatic carbocycles. The van der Waals surface area contributed by atoms with Crippen LogP contribution in [0.2, 0.25) is 0 Å². The number of nitrogens with zero attached hydrogens (tertiary/aromatic N) is 1. The van der Waals surface area contributed by atoms with Crippen LogP contribution in [0.15, 0.2) is 6.20 Å². The fourth-order valence-corrected chi connectivity index (χ4v) is 4.04. The molecule has 0 bridgehead atoms. The minimum Gasteiger partial charge on any atom is -0.388 e. The maximum atomic E-state index is 9.38. The average molecular weight is 243 g/mol. The van der Waals surface area contributed by atoms with Gasteiger partial charge in [-0.2, -0.15) is 11.8 Å². The molecule has 2 nitrogen and oxygen atoms in total. The molecule has 1 heterocycles. The lowest BCUT2D eigenvalue weighted by atomic mass is 10.4. The van der Waals surface area contributed by atoms with Crippen LogP contribution >= 0.6 is 23.1 Å². The van der Waals surface area contributed by atoms with Crippen molar-refractivity contribution in [2.24, 2.45) is 0 Å². The molecule has 0 aliphatic heterocycles. The maximum Gasteiger partial charge on any atom is 0.103 e. The summed E-state index contributed by atoms with van der Waals surface area (Å²) in [6, 6.07) is 0. The maximum absolute atomic E-state index is 9.38. The average Bonchev–Trinajstić information content (AvgIpc) is 2.86. The smallest absolute Gasteiger partial charge is 0.103 e. The molecule has 0 spiro atoms. The first kappa shape index (κ1) is 11.4. The Morgan fingerprint density at radius 2 is 2.33 bits per heavy atom. The van der Waals surface area contributed by atoms with Crippen LogP contribution in [0.4, 0.5) is 0 Å². The van der Waals surface area contributed by atoms with Crippen molar-refractivity contribution in [1.29, 1.82) is 0 Å². The Labute approximate surface area is 99.1 Å². The van der Waals surface area contributed by atoms with Crippen LogP contribution in [0.1, 0.15) is 48.6 Å². The predicted octanol–water partition coefficient (Wildman–Crippen LogP) is 3.37. The van der Waals surface area contributed by atoms with Gasteiger partial charge in [0.25, 0.3) is 0 Å². The summed E-state index contributed by atoms with van der Waals surface area (Å²) in [6.45, 7) is 1.79. The standard InChI is InChI=1S/C11H17NOS2/c1-8(13)10-6-12-11(15-10)7-14-9-4-2-3-5-9/h6,8-9,13H,2-5,7H2,1H3. The summed E-state index contributed by atoms with van der Waals surface area (Å²) in [5.41, 5.74) is 0. The van der Waals surface area contributed by atoms with Crippen molar-refractivity contribution in [3.8, 4) is 0 Å². The van der Waals surface area contributed by atoms with Gasteiger partial charge in [-0.3, -0.25) is 0 Å². The number of aliphatic hydroxyl groups excluding tert-OH is 1. The van der Waals surface area contributed by atoms with Crippen LogP contribution in [-0.2, 0) is 5.75 Å². The van der Waals surface area contributed by atoms with E-state index >= 15 is 0 Å². The number of aromatic nitrogens is 1. The Bertz CT molecular complexity index is 305. The highest BCUT2D eigenvalue weighted by Crippen LogP contribution is 2.32. The Morgan fingerprint density at radius 3 is 2.93 bits per heavy atom. The van der Waals surface area contributed by atoms with Gasteiger partial charge in [-0.1, -0.05) is 12.8 Å². The van der Waals surface area contributed by atoms with Crippen molar-refractivity contribution >= 4 is 23.1 Å². The number of aliphatic hydroxyl groups is 1. The zero-order chi connectivity index (χ0) is 10.7. The minimum absolute atomic E-state index is 0.368. The Balaban J connectivity index is 1.82. The van der Waals surface area contributed by atoms with Gasteiger partial charge in [-0.25, -0.2) is 4.98 Å². The zero-order valence-corrected chi connectivity index (χ0v) is 10.6. The van der Waals surface area contributed by atoms with E-state index in [0.717, 1.165) is 20.9 Å². The van der Waals surface area contributed by atoms with E-state index in [1.54, 1.807) is 24.5 Å². The number of thioether (sulfide) groups is 1. The molecule has 0 saturated heterocycles. The van der Waals surface area contributed by atoms with Crippen LogP contribution < -0.4 is 0 Å². The normalized spacial score (nSPS) is 19.6. The summed E-state index contributed by atoms with van der Waals surface area (Å²) in [5, 5.41) is 11.4. The molecule has 15 heavy (non-hydrogen) atoms. The molecule has 4 heteroatoms. The lowest BCUT2D eigenvalue weighted by Crippen LogP contribution is -1.94. The van der Waals surface area contributed by atoms with Gasteiger partial charge < -0.3 is 5.11 Å². The molecule has 0 radical (unpaired) electrons. The zero-order valence-electron chi connectivity index (χ0n) is 8.98. The number of hydrogen-bond acceptors (Lipinski definition) is 4. The van der Waals surface area contributed by atoms with Crippen LogP contribution in [0, 0.1) is 0 Å². The van der Waals surface area contributed by atoms with Crippen LogP contribution in [0.5, 0.6) is 0 Å². The fraction of sp³-hybridized carbons (Fsp3) is 0.727. The Kier molecular flexibility index (Phi) is 4.05. The summed E-state index contributed by atoms with van der Waals surface area (Å²) in [6.07, 6.45) is 6.98. The molecule has 1 N–H and O–H groups in total.